The smallest absolute Gasteiger partial charge is 0.352 e. The summed E-state index contributed by atoms with van der Waals surface area (Å²) in [6, 6.07) is 8.62. The molecule has 0 bridgehead atoms. The lowest BCUT2D eigenvalue weighted by Crippen LogP contribution is -2.70. The number of carboxylic acids is 1. The molecule has 4 rings (SSSR count). The lowest BCUT2D eigenvalue weighted by molar-refractivity contribution is -0.150. The van der Waals surface area contributed by atoms with Gasteiger partial charge in [0.25, 0.3) is 11.8 Å². The molecule has 2 aliphatic heterocycles. The molecule has 2 amide bonds. The van der Waals surface area contributed by atoms with Gasteiger partial charge in [-0.2, -0.15) is 0 Å². The number of carboxylic acid groups (broad SMARTS) is 1. The van der Waals surface area contributed by atoms with Gasteiger partial charge in [-0.15, -0.1) is 33.7 Å². The van der Waals surface area contributed by atoms with E-state index in [1.165, 1.54) is 33.0 Å². The molecular weight excluding hydrogens is 538 g/mol. The number of nitrogens with zero attached hydrogens (tertiary/aromatic N) is 4. The molecule has 2 aliphatic rings. The molecule has 196 valence electrons. The average molecular weight is 564 g/mol. The molecule has 0 radical (unpaired) electrons. The van der Waals surface area contributed by atoms with Crippen molar-refractivity contribution in [1.82, 2.24) is 25.0 Å². The number of unbranched alkanes of at least 4 members (excludes halogenated alkanes) is 1. The van der Waals surface area contributed by atoms with Crippen LogP contribution >= 0.6 is 35.3 Å². The Morgan fingerprint density at radius 1 is 1.19 bits per heavy atom. The summed E-state index contributed by atoms with van der Waals surface area (Å²) in [5, 5.41) is 29.4. The number of aliphatic carboxylic acids is 1. The summed E-state index contributed by atoms with van der Waals surface area (Å²) in [5.74, 6) is -2.06. The average Bonchev–Trinajstić information content (AvgIpc) is 2.90. The molecule has 0 aliphatic carbocycles. The minimum atomic E-state index is -1.24. The second kappa shape index (κ2) is 12.0. The van der Waals surface area contributed by atoms with E-state index in [1.54, 1.807) is 0 Å². The normalized spacial score (nSPS) is 18.8. The Kier molecular flexibility index (Phi) is 8.82. The molecule has 11 nitrogen and oxygen atoms in total. The maximum atomic E-state index is 12.9. The van der Waals surface area contributed by atoms with E-state index in [4.69, 9.17) is 0 Å². The Morgan fingerprint density at radius 3 is 2.65 bits per heavy atom. The van der Waals surface area contributed by atoms with Crippen LogP contribution in [0.3, 0.4) is 0 Å². The second-order valence-electron chi connectivity index (χ2n) is 8.22. The number of carbonyl (C=O) groups is 3. The molecular formula is C23H25N5O6S3. The van der Waals surface area contributed by atoms with E-state index >= 15 is 0 Å². The molecule has 1 saturated heterocycles. The Morgan fingerprint density at radius 2 is 1.95 bits per heavy atom. The number of nitrogens with one attached hydrogen (secondary N) is 1. The number of hydrogen-bond donors (Lipinski definition) is 3. The first-order valence-corrected chi connectivity index (χ1v) is 14.5. The minimum Gasteiger partial charge on any atom is -0.488 e. The molecule has 0 spiro atoms. The van der Waals surface area contributed by atoms with E-state index in [0.29, 0.717) is 24.3 Å². The van der Waals surface area contributed by atoms with Gasteiger partial charge in [0.1, 0.15) is 17.1 Å². The maximum absolute atomic E-state index is 12.9. The summed E-state index contributed by atoms with van der Waals surface area (Å²) in [4.78, 5) is 51.9. The van der Waals surface area contributed by atoms with Crippen LogP contribution in [0.1, 0.15) is 19.8 Å². The molecule has 1 unspecified atom stereocenters. The third-order valence-electron chi connectivity index (χ3n) is 5.69. The topological polar surface area (TPSA) is 155 Å². The standard InChI is InChI=1S/C23H25N5O6S3/c1-2-3-9-27-20(32)18(30)25-26-23(27)37-11-13-10-36-21-16(19(31)28(21)17(13)22(33)34)24-15(29)12-35-14-7-5-4-6-8-14/h4-8,16,21H,2-3,9-12H2,1H3,(H,24,29)(H,25,30)(H,33,34)/t16?,21-/m0/s1. The van der Waals surface area contributed by atoms with E-state index in [2.05, 4.69) is 15.5 Å². The van der Waals surface area contributed by atoms with Crippen molar-refractivity contribution in [3.05, 3.63) is 52.0 Å². The van der Waals surface area contributed by atoms with Crippen LogP contribution in [-0.4, -0.2) is 76.3 Å². The van der Waals surface area contributed by atoms with E-state index < -0.39 is 34.7 Å². The zero-order valence-electron chi connectivity index (χ0n) is 19.8. The van der Waals surface area contributed by atoms with Crippen molar-refractivity contribution >= 4 is 53.1 Å². The fourth-order valence-corrected chi connectivity index (χ4v) is 7.02. The fraction of sp³-hybridized carbons (Fsp3) is 0.391. The summed E-state index contributed by atoms with van der Waals surface area (Å²) in [5.41, 5.74) is -0.265. The third kappa shape index (κ3) is 5.96. The van der Waals surface area contributed by atoms with E-state index in [1.807, 2.05) is 37.3 Å². The molecule has 3 N–H and O–H groups in total. The molecule has 14 heteroatoms. The lowest BCUT2D eigenvalue weighted by Gasteiger charge is -2.49. The maximum Gasteiger partial charge on any atom is 0.352 e. The van der Waals surface area contributed by atoms with E-state index in [-0.39, 0.29) is 28.3 Å². The minimum absolute atomic E-state index is 0.111. The van der Waals surface area contributed by atoms with E-state index in [0.717, 1.165) is 23.1 Å². The van der Waals surface area contributed by atoms with Crippen LogP contribution in [0, 0.1) is 0 Å². The van der Waals surface area contributed by atoms with Gasteiger partial charge in [-0.3, -0.25) is 23.9 Å². The number of carbonyl (C=O) groups excluding carboxylic acids is 2. The first-order valence-electron chi connectivity index (χ1n) is 11.5. The first-order chi connectivity index (χ1) is 17.8. The van der Waals surface area contributed by atoms with Crippen molar-refractivity contribution < 1.29 is 24.6 Å². The number of fused-ring (bicyclic) bond motifs is 1. The predicted octanol–water partition coefficient (Wildman–Crippen LogP) is 1.77. The SMILES string of the molecule is CCCCn1c(SCC2=C(C(=O)O)N3C(=O)C(NC(=O)CSc4ccccc4)[C@@H]3SC2)nnc(O)c1=O. The van der Waals surface area contributed by atoms with Crippen molar-refractivity contribution in [3.8, 4) is 5.88 Å². The van der Waals surface area contributed by atoms with Gasteiger partial charge in [-0.1, -0.05) is 43.3 Å². The quantitative estimate of drug-likeness (QED) is 0.271. The molecule has 3 heterocycles. The predicted molar refractivity (Wildman–Crippen MR) is 140 cm³/mol. The van der Waals surface area contributed by atoms with Crippen LogP contribution in [0.4, 0.5) is 0 Å². The van der Waals surface area contributed by atoms with Crippen molar-refractivity contribution in [2.75, 3.05) is 17.3 Å². The zero-order chi connectivity index (χ0) is 26.5. The van der Waals surface area contributed by atoms with Crippen LogP contribution in [0.15, 0.2) is 56.4 Å². The zero-order valence-corrected chi connectivity index (χ0v) is 22.3. The number of thioether (sulfide) groups is 3. The van der Waals surface area contributed by atoms with Gasteiger partial charge in [-0.25, -0.2) is 4.79 Å². The summed E-state index contributed by atoms with van der Waals surface area (Å²) in [7, 11) is 0. The number of benzene rings is 1. The number of aromatic nitrogens is 3. The van der Waals surface area contributed by atoms with Crippen molar-refractivity contribution in [2.45, 2.75) is 47.8 Å². The molecule has 1 fully saturated rings. The monoisotopic (exact) mass is 563 g/mol. The van der Waals surface area contributed by atoms with Crippen LogP contribution < -0.4 is 10.9 Å². The molecule has 2 aromatic rings. The van der Waals surface area contributed by atoms with Gasteiger partial charge >= 0.3 is 11.5 Å². The van der Waals surface area contributed by atoms with E-state index in [9.17, 15) is 29.4 Å². The van der Waals surface area contributed by atoms with Gasteiger partial charge in [-0.05, 0) is 24.1 Å². The lowest BCUT2D eigenvalue weighted by atomic mass is 10.0. The van der Waals surface area contributed by atoms with Gasteiger partial charge in [0.2, 0.25) is 5.91 Å². The molecule has 1 aromatic heterocycles. The second-order valence-corrected chi connectivity index (χ2v) is 11.3. The third-order valence-corrected chi connectivity index (χ3v) is 9.09. The van der Waals surface area contributed by atoms with Crippen LogP contribution in [-0.2, 0) is 20.9 Å². The largest absolute Gasteiger partial charge is 0.488 e. The van der Waals surface area contributed by atoms with Gasteiger partial charge < -0.3 is 15.5 Å². The van der Waals surface area contributed by atoms with Gasteiger partial charge in [0, 0.05) is 22.9 Å². The number of aromatic hydroxyl groups is 1. The molecule has 2 atom stereocenters. The first kappa shape index (κ1) is 27.1. The number of β-lactam (4-membered cyclic amide) rings is 1. The van der Waals surface area contributed by atoms with Crippen molar-refractivity contribution in [2.24, 2.45) is 0 Å². The van der Waals surface area contributed by atoms with Crippen LogP contribution in [0.25, 0.3) is 0 Å². The Bertz CT molecular complexity index is 1290. The fourth-order valence-electron chi connectivity index (χ4n) is 3.84. The van der Waals surface area contributed by atoms with Gasteiger partial charge in [0.05, 0.1) is 5.75 Å². The number of hydrogen-bond acceptors (Lipinski definition) is 10. The molecule has 0 saturated carbocycles. The number of amides is 2. The van der Waals surface area contributed by atoms with Crippen molar-refractivity contribution in [1.29, 1.82) is 0 Å². The summed E-state index contributed by atoms with van der Waals surface area (Å²) >= 11 is 3.85. The summed E-state index contributed by atoms with van der Waals surface area (Å²) < 4.78 is 1.32. The Hall–Kier alpha value is -2.97. The highest BCUT2D eigenvalue weighted by Gasteiger charge is 2.54. The summed E-state index contributed by atoms with van der Waals surface area (Å²) in [6.07, 6.45) is 1.52. The summed E-state index contributed by atoms with van der Waals surface area (Å²) in [6.45, 7) is 2.31. The highest BCUT2D eigenvalue weighted by atomic mass is 32.2. The Balaban J connectivity index is 1.43. The van der Waals surface area contributed by atoms with Gasteiger partial charge in [0.15, 0.2) is 5.16 Å². The highest BCUT2D eigenvalue weighted by molar-refractivity contribution is 8.01. The Labute approximate surface area is 225 Å². The number of rotatable bonds is 11. The highest BCUT2D eigenvalue weighted by Crippen LogP contribution is 2.41. The van der Waals surface area contributed by atoms with Crippen molar-refractivity contribution in [3.63, 3.8) is 0 Å². The van der Waals surface area contributed by atoms with Crippen LogP contribution in [0.5, 0.6) is 5.88 Å². The van der Waals surface area contributed by atoms with Crippen LogP contribution in [0.2, 0.25) is 0 Å². The molecule has 1 aromatic carbocycles. The molecule has 37 heavy (non-hydrogen) atoms.